The first-order chi connectivity index (χ1) is 6.67. The van der Waals surface area contributed by atoms with Gasteiger partial charge in [0, 0.05) is 26.2 Å². The molecule has 82 valence electrons. The molecule has 0 unspecified atom stereocenters. The summed E-state index contributed by atoms with van der Waals surface area (Å²) in [6, 6.07) is 0. The van der Waals surface area contributed by atoms with Crippen LogP contribution in [0.1, 0.15) is 0 Å². The Labute approximate surface area is 84.5 Å². The molecule has 2 heterocycles. The number of hydrazine groups is 1. The maximum atomic E-state index is 11.2. The predicted octanol–water partition coefficient (Wildman–Crippen LogP) is -1.04. The van der Waals surface area contributed by atoms with Gasteiger partial charge in [0.2, 0.25) is 0 Å². The lowest BCUT2D eigenvalue weighted by Crippen LogP contribution is -2.54. The first kappa shape index (κ1) is 10.4. The van der Waals surface area contributed by atoms with Gasteiger partial charge in [-0.2, -0.15) is 0 Å². The second-order valence-corrected chi connectivity index (χ2v) is 5.98. The number of morpholine rings is 1. The van der Waals surface area contributed by atoms with E-state index in [4.69, 9.17) is 4.74 Å². The molecule has 0 spiro atoms. The van der Waals surface area contributed by atoms with E-state index in [-0.39, 0.29) is 0 Å². The SMILES string of the molecule is O=S1(=O)CCN(N2CCOCC2)CC1. The molecule has 2 aliphatic rings. The lowest BCUT2D eigenvalue weighted by atomic mass is 10.5. The summed E-state index contributed by atoms with van der Waals surface area (Å²) in [6.07, 6.45) is 0. The summed E-state index contributed by atoms with van der Waals surface area (Å²) in [5.41, 5.74) is 0. The van der Waals surface area contributed by atoms with Crippen LogP contribution < -0.4 is 0 Å². The van der Waals surface area contributed by atoms with Crippen LogP contribution in [0.3, 0.4) is 0 Å². The first-order valence-corrected chi connectivity index (χ1v) is 6.77. The Morgan fingerprint density at radius 3 is 1.93 bits per heavy atom. The minimum absolute atomic E-state index is 0.296. The number of rotatable bonds is 1. The minimum atomic E-state index is -2.75. The van der Waals surface area contributed by atoms with E-state index < -0.39 is 9.84 Å². The van der Waals surface area contributed by atoms with Gasteiger partial charge in [-0.1, -0.05) is 0 Å². The number of nitrogens with zero attached hydrogens (tertiary/aromatic N) is 2. The van der Waals surface area contributed by atoms with Crippen molar-refractivity contribution >= 4 is 9.84 Å². The molecule has 2 fully saturated rings. The molecule has 14 heavy (non-hydrogen) atoms. The fraction of sp³-hybridized carbons (Fsp3) is 1.00. The van der Waals surface area contributed by atoms with Crippen LogP contribution in [0.2, 0.25) is 0 Å². The van der Waals surface area contributed by atoms with Crippen LogP contribution in [0.5, 0.6) is 0 Å². The van der Waals surface area contributed by atoms with Gasteiger partial charge in [-0.25, -0.2) is 18.4 Å². The fourth-order valence-corrected chi connectivity index (χ4v) is 3.00. The van der Waals surface area contributed by atoms with Crippen LogP contribution in [-0.2, 0) is 14.6 Å². The second kappa shape index (κ2) is 4.14. The highest BCUT2D eigenvalue weighted by Crippen LogP contribution is 2.09. The van der Waals surface area contributed by atoms with Crippen molar-refractivity contribution in [2.75, 3.05) is 50.9 Å². The Morgan fingerprint density at radius 1 is 0.857 bits per heavy atom. The summed E-state index contributed by atoms with van der Waals surface area (Å²) in [5.74, 6) is 0.592. The van der Waals surface area contributed by atoms with Gasteiger partial charge in [0.15, 0.2) is 9.84 Å². The summed E-state index contributed by atoms with van der Waals surface area (Å²) in [5, 5.41) is 4.35. The average Bonchev–Trinajstić information content (AvgIpc) is 2.19. The Morgan fingerprint density at radius 2 is 1.36 bits per heavy atom. The zero-order chi connectivity index (χ0) is 10.0. The first-order valence-electron chi connectivity index (χ1n) is 4.95. The molecule has 0 radical (unpaired) electrons. The van der Waals surface area contributed by atoms with Gasteiger partial charge in [0.25, 0.3) is 0 Å². The molecule has 2 rings (SSSR count). The van der Waals surface area contributed by atoms with Gasteiger partial charge < -0.3 is 4.74 Å². The minimum Gasteiger partial charge on any atom is -0.379 e. The summed E-state index contributed by atoms with van der Waals surface area (Å²) in [7, 11) is -2.75. The molecule has 0 amide bonds. The van der Waals surface area contributed by atoms with Crippen molar-refractivity contribution in [3.05, 3.63) is 0 Å². The van der Waals surface area contributed by atoms with Crippen molar-refractivity contribution in [1.29, 1.82) is 0 Å². The molecule has 0 aliphatic carbocycles. The third-order valence-corrected chi connectivity index (χ3v) is 4.32. The molecule has 2 aliphatic heterocycles. The van der Waals surface area contributed by atoms with Crippen molar-refractivity contribution in [2.45, 2.75) is 0 Å². The summed E-state index contributed by atoms with van der Waals surface area (Å²) in [6.45, 7) is 4.57. The number of ether oxygens (including phenoxy) is 1. The topological polar surface area (TPSA) is 49.9 Å². The summed E-state index contributed by atoms with van der Waals surface area (Å²) < 4.78 is 27.7. The second-order valence-electron chi connectivity index (χ2n) is 3.67. The van der Waals surface area contributed by atoms with Gasteiger partial charge in [-0.05, 0) is 0 Å². The van der Waals surface area contributed by atoms with E-state index in [1.165, 1.54) is 0 Å². The Hall–Kier alpha value is -0.170. The number of hydrogen-bond donors (Lipinski definition) is 0. The van der Waals surface area contributed by atoms with E-state index in [1.54, 1.807) is 0 Å². The van der Waals surface area contributed by atoms with Crippen molar-refractivity contribution in [3.8, 4) is 0 Å². The third kappa shape index (κ3) is 2.44. The smallest absolute Gasteiger partial charge is 0.152 e. The molecule has 0 aromatic rings. The Kier molecular flexibility index (Phi) is 3.06. The van der Waals surface area contributed by atoms with Crippen LogP contribution in [-0.4, -0.2) is 69.3 Å². The van der Waals surface area contributed by atoms with E-state index in [0.717, 1.165) is 26.3 Å². The Balaban J connectivity index is 1.88. The van der Waals surface area contributed by atoms with Gasteiger partial charge >= 0.3 is 0 Å². The zero-order valence-electron chi connectivity index (χ0n) is 8.18. The fourth-order valence-electron chi connectivity index (χ4n) is 1.82. The van der Waals surface area contributed by atoms with Gasteiger partial charge in [0.1, 0.15) is 0 Å². The number of sulfone groups is 1. The molecule has 0 aromatic carbocycles. The lowest BCUT2D eigenvalue weighted by Gasteiger charge is -2.39. The summed E-state index contributed by atoms with van der Waals surface area (Å²) in [4.78, 5) is 0. The average molecular weight is 220 g/mol. The number of hydrogen-bond acceptors (Lipinski definition) is 5. The molecule has 0 N–H and O–H groups in total. The highest BCUT2D eigenvalue weighted by atomic mass is 32.2. The van der Waals surface area contributed by atoms with E-state index in [2.05, 4.69) is 10.0 Å². The van der Waals surface area contributed by atoms with Crippen LogP contribution in [0.15, 0.2) is 0 Å². The van der Waals surface area contributed by atoms with Crippen molar-refractivity contribution < 1.29 is 13.2 Å². The highest BCUT2D eigenvalue weighted by molar-refractivity contribution is 7.91. The quantitative estimate of drug-likeness (QED) is 0.565. The molecule has 2 saturated heterocycles. The van der Waals surface area contributed by atoms with E-state index in [1.807, 2.05) is 0 Å². The highest BCUT2D eigenvalue weighted by Gasteiger charge is 2.26. The van der Waals surface area contributed by atoms with Gasteiger partial charge in [-0.3, -0.25) is 0 Å². The van der Waals surface area contributed by atoms with Crippen LogP contribution in [0.4, 0.5) is 0 Å². The molecule has 0 aromatic heterocycles. The predicted molar refractivity (Wildman–Crippen MR) is 52.6 cm³/mol. The molecule has 0 atom stereocenters. The van der Waals surface area contributed by atoms with Crippen molar-refractivity contribution in [2.24, 2.45) is 0 Å². The molecule has 5 nitrogen and oxygen atoms in total. The third-order valence-electron chi connectivity index (χ3n) is 2.71. The maximum Gasteiger partial charge on any atom is 0.152 e. The summed E-state index contributed by atoms with van der Waals surface area (Å²) >= 11 is 0. The normalized spacial score (nSPS) is 30.3. The van der Waals surface area contributed by atoms with Gasteiger partial charge in [0.05, 0.1) is 24.7 Å². The monoisotopic (exact) mass is 220 g/mol. The Bertz CT molecular complexity index is 271. The lowest BCUT2D eigenvalue weighted by molar-refractivity contribution is -0.0854. The van der Waals surface area contributed by atoms with Crippen LogP contribution in [0, 0.1) is 0 Å². The molecule has 0 bridgehead atoms. The standard InChI is InChI=1S/C8H16N2O3S/c11-14(12)7-3-10(4-8-14)9-1-5-13-6-2-9/h1-8H2. The largest absolute Gasteiger partial charge is 0.379 e. The molecule has 6 heteroatoms. The van der Waals surface area contributed by atoms with Crippen LogP contribution in [0.25, 0.3) is 0 Å². The van der Waals surface area contributed by atoms with Crippen molar-refractivity contribution in [1.82, 2.24) is 10.0 Å². The van der Waals surface area contributed by atoms with E-state index in [0.29, 0.717) is 24.6 Å². The molecule has 0 saturated carbocycles. The van der Waals surface area contributed by atoms with Gasteiger partial charge in [-0.15, -0.1) is 0 Å². The molecular formula is C8H16N2O3S. The van der Waals surface area contributed by atoms with Crippen molar-refractivity contribution in [3.63, 3.8) is 0 Å². The zero-order valence-corrected chi connectivity index (χ0v) is 9.00. The van der Waals surface area contributed by atoms with E-state index >= 15 is 0 Å². The maximum absolute atomic E-state index is 11.2. The van der Waals surface area contributed by atoms with E-state index in [9.17, 15) is 8.42 Å². The van der Waals surface area contributed by atoms with Crippen LogP contribution >= 0.6 is 0 Å². The molecular weight excluding hydrogens is 204 g/mol.